The summed E-state index contributed by atoms with van der Waals surface area (Å²) in [5.41, 5.74) is 0.925. The van der Waals surface area contributed by atoms with Crippen LogP contribution in [0.25, 0.3) is 0 Å². The monoisotopic (exact) mass is 335 g/mol. The highest BCUT2D eigenvalue weighted by atomic mass is 16.5. The number of nitrogens with one attached hydrogen (secondary N) is 2. The molecule has 0 radical (unpaired) electrons. The molecule has 0 unspecified atom stereocenters. The molecule has 1 saturated heterocycles. The molecule has 1 fully saturated rings. The van der Waals surface area contributed by atoms with Crippen LogP contribution in [0, 0.1) is 0 Å². The quantitative estimate of drug-likeness (QED) is 0.818. The molecule has 1 aliphatic heterocycles. The number of likely N-dealkylation sites (tertiary alicyclic amines) is 1. The first-order valence-electron chi connectivity index (χ1n) is 8.04. The zero-order valence-electron chi connectivity index (χ0n) is 14.4. The van der Waals surface area contributed by atoms with E-state index in [1.54, 1.807) is 19.1 Å². The molecule has 0 saturated carbocycles. The van der Waals surface area contributed by atoms with Gasteiger partial charge in [-0.3, -0.25) is 9.59 Å². The summed E-state index contributed by atoms with van der Waals surface area (Å²) >= 11 is 0. The van der Waals surface area contributed by atoms with Crippen molar-refractivity contribution in [1.82, 2.24) is 10.2 Å². The highest BCUT2D eigenvalue weighted by Gasteiger charge is 2.23. The van der Waals surface area contributed by atoms with Crippen LogP contribution in [0.1, 0.15) is 19.8 Å². The number of hydrogen-bond donors (Lipinski definition) is 2. The zero-order valence-corrected chi connectivity index (χ0v) is 14.4. The molecule has 0 aliphatic carbocycles. The van der Waals surface area contributed by atoms with Crippen LogP contribution < -0.4 is 20.1 Å². The Labute approximate surface area is 142 Å². The zero-order chi connectivity index (χ0) is 17.5. The van der Waals surface area contributed by atoms with Gasteiger partial charge in [-0.15, -0.1) is 0 Å². The molecule has 0 bridgehead atoms. The first kappa shape index (κ1) is 17.9. The smallest absolute Gasteiger partial charge is 0.242 e. The lowest BCUT2D eigenvalue weighted by atomic mass is 10.0. The predicted molar refractivity (Wildman–Crippen MR) is 91.5 cm³/mol. The molecule has 0 spiro atoms. The number of ether oxygens (including phenoxy) is 2. The minimum Gasteiger partial charge on any atom is -0.493 e. The first-order valence-corrected chi connectivity index (χ1v) is 8.04. The van der Waals surface area contributed by atoms with E-state index in [2.05, 4.69) is 10.6 Å². The van der Waals surface area contributed by atoms with Gasteiger partial charge in [0.25, 0.3) is 0 Å². The van der Waals surface area contributed by atoms with Crippen LogP contribution in [-0.4, -0.2) is 56.6 Å². The van der Waals surface area contributed by atoms with Crippen LogP contribution in [0.5, 0.6) is 11.5 Å². The minimum atomic E-state index is -0.194. The summed E-state index contributed by atoms with van der Waals surface area (Å²) < 4.78 is 10.5. The number of hydrogen-bond acceptors (Lipinski definition) is 5. The van der Waals surface area contributed by atoms with Crippen LogP contribution in [-0.2, 0) is 9.59 Å². The summed E-state index contributed by atoms with van der Waals surface area (Å²) in [6, 6.07) is 5.83. The maximum absolute atomic E-state index is 12.1. The third kappa shape index (κ3) is 4.78. The normalized spacial score (nSPS) is 17.1. The van der Waals surface area contributed by atoms with Crippen LogP contribution in [0.4, 0.5) is 5.69 Å². The Morgan fingerprint density at radius 1 is 1.25 bits per heavy atom. The van der Waals surface area contributed by atoms with E-state index in [9.17, 15) is 9.59 Å². The Balaban J connectivity index is 1.95. The van der Waals surface area contributed by atoms with Gasteiger partial charge in [-0.05, 0) is 25.0 Å². The van der Waals surface area contributed by atoms with Crippen LogP contribution in [0.3, 0.4) is 0 Å². The van der Waals surface area contributed by atoms with Crippen molar-refractivity contribution in [2.75, 3.05) is 39.2 Å². The molecule has 0 aromatic heterocycles. The molecule has 1 heterocycles. The molecule has 132 valence electrons. The molecule has 2 N–H and O–H groups in total. The van der Waals surface area contributed by atoms with Gasteiger partial charge in [0.05, 0.1) is 20.8 Å². The number of methoxy groups -OCH3 is 2. The molecular formula is C17H25N3O4. The van der Waals surface area contributed by atoms with E-state index in [1.165, 1.54) is 6.92 Å². The van der Waals surface area contributed by atoms with E-state index in [-0.39, 0.29) is 24.4 Å². The Kier molecular flexibility index (Phi) is 6.28. The summed E-state index contributed by atoms with van der Waals surface area (Å²) in [6.07, 6.45) is 1.91. The predicted octanol–water partition coefficient (Wildman–Crippen LogP) is 1.24. The summed E-state index contributed by atoms with van der Waals surface area (Å²) in [5.74, 6) is 1.10. The molecule has 1 aromatic rings. The summed E-state index contributed by atoms with van der Waals surface area (Å²) in [7, 11) is 3.20. The number of benzene rings is 1. The van der Waals surface area contributed by atoms with Gasteiger partial charge in [0.1, 0.15) is 0 Å². The van der Waals surface area contributed by atoms with Gasteiger partial charge in [-0.2, -0.15) is 0 Å². The van der Waals surface area contributed by atoms with Gasteiger partial charge in [0.2, 0.25) is 11.8 Å². The van der Waals surface area contributed by atoms with E-state index < -0.39 is 0 Å². The van der Waals surface area contributed by atoms with E-state index in [4.69, 9.17) is 9.47 Å². The molecular weight excluding hydrogens is 310 g/mol. The molecule has 2 rings (SSSR count). The van der Waals surface area contributed by atoms with E-state index >= 15 is 0 Å². The molecule has 2 amide bonds. The fraction of sp³-hybridized carbons (Fsp3) is 0.529. The van der Waals surface area contributed by atoms with Crippen molar-refractivity contribution < 1.29 is 19.1 Å². The molecule has 1 aromatic carbocycles. The Hall–Kier alpha value is -2.44. The summed E-state index contributed by atoms with van der Waals surface area (Å²) in [4.78, 5) is 24.9. The van der Waals surface area contributed by atoms with Gasteiger partial charge in [-0.25, -0.2) is 0 Å². The van der Waals surface area contributed by atoms with Gasteiger partial charge in [-0.1, -0.05) is 0 Å². The van der Waals surface area contributed by atoms with Crippen molar-refractivity contribution in [2.45, 2.75) is 25.8 Å². The van der Waals surface area contributed by atoms with Gasteiger partial charge in [0, 0.05) is 37.8 Å². The fourth-order valence-electron chi connectivity index (χ4n) is 2.80. The van der Waals surface area contributed by atoms with E-state index in [0.29, 0.717) is 18.0 Å². The molecule has 1 atom stereocenters. The Morgan fingerprint density at radius 2 is 2.00 bits per heavy atom. The summed E-state index contributed by atoms with van der Waals surface area (Å²) in [6.45, 7) is 2.80. The lowest BCUT2D eigenvalue weighted by molar-refractivity contribution is -0.133. The minimum absolute atomic E-state index is 0.0518. The average Bonchev–Trinajstić information content (AvgIpc) is 2.59. The van der Waals surface area contributed by atoms with Gasteiger partial charge >= 0.3 is 0 Å². The third-order valence-electron chi connectivity index (χ3n) is 4.02. The SMILES string of the molecule is COc1ccc(N[C@H]2CCCN(C(=O)CNC(C)=O)C2)cc1OC. The van der Waals surface area contributed by atoms with Crippen molar-refractivity contribution in [3.05, 3.63) is 18.2 Å². The van der Waals surface area contributed by atoms with Crippen molar-refractivity contribution in [3.63, 3.8) is 0 Å². The van der Waals surface area contributed by atoms with Gasteiger partial charge < -0.3 is 25.0 Å². The maximum atomic E-state index is 12.1. The summed E-state index contributed by atoms with van der Waals surface area (Å²) in [5, 5.41) is 5.99. The molecule has 1 aliphatic rings. The highest BCUT2D eigenvalue weighted by Crippen LogP contribution is 2.30. The maximum Gasteiger partial charge on any atom is 0.242 e. The molecule has 7 heteroatoms. The van der Waals surface area contributed by atoms with Crippen molar-refractivity contribution in [2.24, 2.45) is 0 Å². The number of anilines is 1. The van der Waals surface area contributed by atoms with Crippen LogP contribution in [0.2, 0.25) is 0 Å². The second-order valence-corrected chi connectivity index (χ2v) is 5.80. The molecule has 7 nitrogen and oxygen atoms in total. The van der Waals surface area contributed by atoms with Crippen molar-refractivity contribution in [3.8, 4) is 11.5 Å². The lowest BCUT2D eigenvalue weighted by Crippen LogP contribution is -2.48. The van der Waals surface area contributed by atoms with Crippen molar-refractivity contribution >= 4 is 17.5 Å². The molecule has 24 heavy (non-hydrogen) atoms. The van der Waals surface area contributed by atoms with Crippen molar-refractivity contribution in [1.29, 1.82) is 0 Å². The van der Waals surface area contributed by atoms with Crippen LogP contribution in [0.15, 0.2) is 18.2 Å². The van der Waals surface area contributed by atoms with E-state index in [1.807, 2.05) is 18.2 Å². The topological polar surface area (TPSA) is 79.9 Å². The largest absolute Gasteiger partial charge is 0.493 e. The first-order chi connectivity index (χ1) is 11.5. The average molecular weight is 335 g/mol. The number of carbonyl (C=O) groups is 2. The number of amides is 2. The fourth-order valence-corrected chi connectivity index (χ4v) is 2.80. The standard InChI is InChI=1S/C17H25N3O4/c1-12(21)18-10-17(22)20-8-4-5-14(11-20)19-13-6-7-15(23-2)16(9-13)24-3/h6-7,9,14,19H,4-5,8,10-11H2,1-3H3,(H,18,21)/t14-/m0/s1. The lowest BCUT2D eigenvalue weighted by Gasteiger charge is -2.33. The number of piperidine rings is 1. The highest BCUT2D eigenvalue weighted by molar-refractivity contribution is 5.83. The number of nitrogens with zero attached hydrogens (tertiary/aromatic N) is 1. The number of carbonyl (C=O) groups excluding carboxylic acids is 2. The Morgan fingerprint density at radius 3 is 2.67 bits per heavy atom. The van der Waals surface area contributed by atoms with Crippen LogP contribution >= 0.6 is 0 Å². The second kappa shape index (κ2) is 8.42. The number of rotatable bonds is 6. The van der Waals surface area contributed by atoms with E-state index in [0.717, 1.165) is 25.1 Å². The second-order valence-electron chi connectivity index (χ2n) is 5.80. The Bertz CT molecular complexity index is 591. The third-order valence-corrected chi connectivity index (χ3v) is 4.02. The van der Waals surface area contributed by atoms with Gasteiger partial charge in [0.15, 0.2) is 11.5 Å².